The Labute approximate surface area is 154 Å². The van der Waals surface area contributed by atoms with Gasteiger partial charge in [-0.15, -0.1) is 0 Å². The van der Waals surface area contributed by atoms with Gasteiger partial charge in [-0.05, 0) is 19.8 Å². The van der Waals surface area contributed by atoms with E-state index in [2.05, 4.69) is 10.6 Å². The van der Waals surface area contributed by atoms with Crippen molar-refractivity contribution >= 4 is 17.9 Å². The van der Waals surface area contributed by atoms with Gasteiger partial charge in [0.2, 0.25) is 5.91 Å². The van der Waals surface area contributed by atoms with Crippen LogP contribution in [0.2, 0.25) is 0 Å². The SMILES string of the molecule is CCCCOC(=O)[C@@H](NC(=O)N[C@H](C#N)CC(N)=O)C(C)OCCCC. The van der Waals surface area contributed by atoms with Gasteiger partial charge in [0.05, 0.1) is 25.2 Å². The molecule has 0 aliphatic rings. The van der Waals surface area contributed by atoms with Gasteiger partial charge in [0, 0.05) is 6.61 Å². The minimum Gasteiger partial charge on any atom is -0.464 e. The van der Waals surface area contributed by atoms with Crippen molar-refractivity contribution in [3.8, 4) is 6.07 Å². The zero-order chi connectivity index (χ0) is 19.9. The van der Waals surface area contributed by atoms with Crippen molar-refractivity contribution in [1.29, 1.82) is 5.26 Å². The highest BCUT2D eigenvalue weighted by molar-refractivity contribution is 5.85. The fraction of sp³-hybridized carbons (Fsp3) is 0.765. The number of hydrogen-bond donors (Lipinski definition) is 3. The molecule has 26 heavy (non-hydrogen) atoms. The molecule has 148 valence electrons. The van der Waals surface area contributed by atoms with Gasteiger partial charge in [0.25, 0.3) is 0 Å². The predicted octanol–water partition coefficient (Wildman–Crippen LogP) is 0.970. The number of nitrogens with one attached hydrogen (secondary N) is 2. The van der Waals surface area contributed by atoms with E-state index in [1.807, 2.05) is 13.8 Å². The highest BCUT2D eigenvalue weighted by atomic mass is 16.5. The van der Waals surface area contributed by atoms with Gasteiger partial charge in [-0.3, -0.25) is 4.79 Å². The molecule has 9 nitrogen and oxygen atoms in total. The Hall–Kier alpha value is -2.34. The summed E-state index contributed by atoms with van der Waals surface area (Å²) in [7, 11) is 0. The summed E-state index contributed by atoms with van der Waals surface area (Å²) in [5.41, 5.74) is 5.02. The van der Waals surface area contributed by atoms with Gasteiger partial charge in [-0.2, -0.15) is 5.26 Å². The Kier molecular flexibility index (Phi) is 12.6. The zero-order valence-corrected chi connectivity index (χ0v) is 15.7. The van der Waals surface area contributed by atoms with E-state index in [1.165, 1.54) is 0 Å². The molecule has 0 aromatic carbocycles. The average molecular weight is 370 g/mol. The summed E-state index contributed by atoms with van der Waals surface area (Å²) in [6, 6.07) is -1.13. The molecule has 0 radical (unpaired) electrons. The Morgan fingerprint density at radius 2 is 1.73 bits per heavy atom. The fourth-order valence-corrected chi connectivity index (χ4v) is 1.96. The normalized spacial score (nSPS) is 13.8. The van der Waals surface area contributed by atoms with Crippen molar-refractivity contribution in [2.75, 3.05) is 13.2 Å². The summed E-state index contributed by atoms with van der Waals surface area (Å²) >= 11 is 0. The lowest BCUT2D eigenvalue weighted by atomic mass is 10.1. The first-order valence-corrected chi connectivity index (χ1v) is 8.88. The Bertz CT molecular complexity index is 492. The quantitative estimate of drug-likeness (QED) is 0.325. The van der Waals surface area contributed by atoms with E-state index in [1.54, 1.807) is 13.0 Å². The lowest BCUT2D eigenvalue weighted by Gasteiger charge is -2.24. The first-order chi connectivity index (χ1) is 12.3. The minimum atomic E-state index is -1.08. The molecule has 0 spiro atoms. The van der Waals surface area contributed by atoms with E-state index in [-0.39, 0.29) is 13.0 Å². The molecule has 0 saturated heterocycles. The Morgan fingerprint density at radius 1 is 1.12 bits per heavy atom. The standard InChI is InChI=1S/C17H30N4O5/c1-4-6-8-25-12(3)15(16(23)26-9-7-5-2)21-17(24)20-13(11-18)10-14(19)22/h12-13,15H,4-10H2,1-3H3,(H2,19,22)(H2,20,21,24)/t12?,13-,15-/m0/s1. The molecule has 4 N–H and O–H groups in total. The smallest absolute Gasteiger partial charge is 0.331 e. The maximum atomic E-state index is 12.3. The molecule has 3 amide bonds. The van der Waals surface area contributed by atoms with Gasteiger partial charge in [-0.1, -0.05) is 26.7 Å². The molecule has 0 aliphatic heterocycles. The van der Waals surface area contributed by atoms with Crippen LogP contribution in [-0.4, -0.2) is 49.3 Å². The summed E-state index contributed by atoms with van der Waals surface area (Å²) in [6.07, 6.45) is 2.40. The van der Waals surface area contributed by atoms with Crippen LogP contribution in [0.1, 0.15) is 52.9 Å². The monoisotopic (exact) mass is 370 g/mol. The maximum Gasteiger partial charge on any atom is 0.331 e. The van der Waals surface area contributed by atoms with Gasteiger partial charge in [0.15, 0.2) is 6.04 Å². The molecule has 0 aromatic rings. The van der Waals surface area contributed by atoms with Crippen LogP contribution in [0, 0.1) is 11.3 Å². The summed E-state index contributed by atoms with van der Waals surface area (Å²) < 4.78 is 10.8. The average Bonchev–Trinajstić information content (AvgIpc) is 2.58. The molecule has 0 heterocycles. The van der Waals surface area contributed by atoms with E-state index >= 15 is 0 Å². The van der Waals surface area contributed by atoms with E-state index in [0.29, 0.717) is 13.0 Å². The highest BCUT2D eigenvalue weighted by Crippen LogP contribution is 2.05. The molecular formula is C17H30N4O5. The van der Waals surface area contributed by atoms with E-state index in [4.69, 9.17) is 20.5 Å². The second-order valence-corrected chi connectivity index (χ2v) is 5.90. The summed E-state index contributed by atoms with van der Waals surface area (Å²) in [6.45, 7) is 6.33. The molecule has 3 atom stereocenters. The lowest BCUT2D eigenvalue weighted by molar-refractivity contribution is -0.150. The Morgan fingerprint density at radius 3 is 2.27 bits per heavy atom. The number of primary amides is 1. The van der Waals surface area contributed by atoms with Crippen LogP contribution >= 0.6 is 0 Å². The largest absolute Gasteiger partial charge is 0.464 e. The van der Waals surface area contributed by atoms with E-state index in [9.17, 15) is 14.4 Å². The van der Waals surface area contributed by atoms with Crippen molar-refractivity contribution in [2.24, 2.45) is 5.73 Å². The molecule has 0 fully saturated rings. The number of amides is 3. The molecule has 0 bridgehead atoms. The van der Waals surface area contributed by atoms with Crippen molar-refractivity contribution in [3.05, 3.63) is 0 Å². The second kappa shape index (κ2) is 13.9. The summed E-state index contributed by atoms with van der Waals surface area (Å²) in [5.74, 6) is -1.33. The van der Waals surface area contributed by atoms with Gasteiger partial charge in [-0.25, -0.2) is 9.59 Å². The number of ether oxygens (including phenoxy) is 2. The topological polar surface area (TPSA) is 144 Å². The number of nitrogens with two attached hydrogens (primary N) is 1. The molecule has 0 saturated carbocycles. The molecule has 1 unspecified atom stereocenters. The molecule has 0 rings (SSSR count). The maximum absolute atomic E-state index is 12.3. The van der Waals surface area contributed by atoms with Crippen LogP contribution in [0.25, 0.3) is 0 Å². The van der Waals surface area contributed by atoms with Crippen LogP contribution < -0.4 is 16.4 Å². The molecule has 0 aliphatic carbocycles. The number of esters is 1. The molecule has 9 heteroatoms. The third-order valence-electron chi connectivity index (χ3n) is 3.50. The van der Waals surface area contributed by atoms with Gasteiger partial charge < -0.3 is 25.8 Å². The van der Waals surface area contributed by atoms with Crippen LogP contribution in [0.4, 0.5) is 4.79 Å². The van der Waals surface area contributed by atoms with Crippen molar-refractivity contribution in [2.45, 2.75) is 71.1 Å². The van der Waals surface area contributed by atoms with Crippen LogP contribution in [-0.2, 0) is 19.1 Å². The zero-order valence-electron chi connectivity index (χ0n) is 15.7. The highest BCUT2D eigenvalue weighted by Gasteiger charge is 2.30. The van der Waals surface area contributed by atoms with E-state index in [0.717, 1.165) is 19.3 Å². The fourth-order valence-electron chi connectivity index (χ4n) is 1.96. The number of urea groups is 1. The van der Waals surface area contributed by atoms with Crippen molar-refractivity contribution in [1.82, 2.24) is 10.6 Å². The number of nitrogens with zero attached hydrogens (tertiary/aromatic N) is 1. The van der Waals surface area contributed by atoms with Gasteiger partial charge in [0.1, 0.15) is 6.04 Å². The van der Waals surface area contributed by atoms with Crippen LogP contribution in [0.3, 0.4) is 0 Å². The summed E-state index contributed by atoms with van der Waals surface area (Å²) in [5, 5.41) is 13.7. The number of nitriles is 1. The molecular weight excluding hydrogens is 340 g/mol. The number of hydrogen-bond acceptors (Lipinski definition) is 6. The predicted molar refractivity (Wildman–Crippen MR) is 94.9 cm³/mol. The first kappa shape index (κ1) is 23.7. The van der Waals surface area contributed by atoms with Crippen LogP contribution in [0.15, 0.2) is 0 Å². The Balaban J connectivity index is 4.85. The van der Waals surface area contributed by atoms with Crippen molar-refractivity contribution < 1.29 is 23.9 Å². The van der Waals surface area contributed by atoms with Crippen LogP contribution in [0.5, 0.6) is 0 Å². The third-order valence-corrected chi connectivity index (χ3v) is 3.50. The number of carbonyl (C=O) groups is 3. The minimum absolute atomic E-state index is 0.249. The number of unbranched alkanes of at least 4 members (excludes halogenated alkanes) is 2. The molecule has 0 aromatic heterocycles. The number of rotatable bonds is 13. The summed E-state index contributed by atoms with van der Waals surface area (Å²) in [4.78, 5) is 35.2. The lowest BCUT2D eigenvalue weighted by Crippen LogP contribution is -2.54. The first-order valence-electron chi connectivity index (χ1n) is 8.88. The van der Waals surface area contributed by atoms with E-state index < -0.39 is 36.1 Å². The van der Waals surface area contributed by atoms with Gasteiger partial charge >= 0.3 is 12.0 Å². The number of carbonyl (C=O) groups excluding carboxylic acids is 3. The van der Waals surface area contributed by atoms with Crippen molar-refractivity contribution in [3.63, 3.8) is 0 Å². The third kappa shape index (κ3) is 10.5. The second-order valence-electron chi connectivity index (χ2n) is 5.90.